The summed E-state index contributed by atoms with van der Waals surface area (Å²) in [5.41, 5.74) is 5.10. The lowest BCUT2D eigenvalue weighted by Gasteiger charge is -2.37. The molecular weight excluding hydrogens is 450 g/mol. The summed E-state index contributed by atoms with van der Waals surface area (Å²) < 4.78 is 1.88. The first-order chi connectivity index (χ1) is 17.4. The van der Waals surface area contributed by atoms with E-state index in [4.69, 9.17) is 5.10 Å². The molecule has 36 heavy (non-hydrogen) atoms. The van der Waals surface area contributed by atoms with Crippen LogP contribution in [0, 0.1) is 6.92 Å². The van der Waals surface area contributed by atoms with Crippen LogP contribution in [-0.4, -0.2) is 81.3 Å². The third-order valence-corrected chi connectivity index (χ3v) is 8.18. The number of carbonyl (C=O) groups excluding carboxylic acids is 1. The molecule has 3 aromatic rings. The highest BCUT2D eigenvalue weighted by atomic mass is 16.2. The number of fused-ring (bicyclic) bond motifs is 1. The lowest BCUT2D eigenvalue weighted by Crippen LogP contribution is -2.54. The molecule has 2 saturated heterocycles. The molecule has 1 atom stereocenters. The molecule has 8 nitrogen and oxygen atoms in total. The molecule has 8 heteroatoms. The minimum Gasteiger partial charge on any atom is -0.355 e. The molecule has 2 aliphatic heterocycles. The monoisotopic (exact) mass is 489 g/mol. The van der Waals surface area contributed by atoms with E-state index in [-0.39, 0.29) is 11.9 Å². The van der Waals surface area contributed by atoms with E-state index < -0.39 is 0 Å². The van der Waals surface area contributed by atoms with E-state index in [1.165, 1.54) is 16.7 Å². The first-order valence-corrected chi connectivity index (χ1v) is 13.5. The number of amides is 1. The number of piperazine rings is 1. The second-order valence-electron chi connectivity index (χ2n) is 10.5. The SMILES string of the molecule is CCc1nnc2ccc(N3CCC(c4ccc(CCCN5CCN(C)C(=O)[C@H]5C)c(C)c4)CC3)nn12. The molecule has 0 bridgehead atoms. The molecule has 0 radical (unpaired) electrons. The third kappa shape index (κ3) is 4.96. The molecule has 2 fully saturated rings. The van der Waals surface area contributed by atoms with Crippen LogP contribution in [0.1, 0.15) is 61.5 Å². The molecule has 1 amide bonds. The number of anilines is 1. The van der Waals surface area contributed by atoms with Crippen LogP contribution in [0.3, 0.4) is 0 Å². The Balaban J connectivity index is 1.15. The van der Waals surface area contributed by atoms with Gasteiger partial charge < -0.3 is 9.80 Å². The van der Waals surface area contributed by atoms with Gasteiger partial charge >= 0.3 is 0 Å². The summed E-state index contributed by atoms with van der Waals surface area (Å²) in [6.45, 7) is 11.2. The van der Waals surface area contributed by atoms with Gasteiger partial charge in [-0.05, 0) is 80.8 Å². The topological polar surface area (TPSA) is 69.9 Å². The van der Waals surface area contributed by atoms with Crippen molar-refractivity contribution in [2.24, 2.45) is 0 Å². The smallest absolute Gasteiger partial charge is 0.239 e. The van der Waals surface area contributed by atoms with Crippen molar-refractivity contribution in [3.05, 3.63) is 52.8 Å². The normalized spacial score (nSPS) is 20.0. The maximum Gasteiger partial charge on any atom is 0.239 e. The van der Waals surface area contributed by atoms with E-state index in [1.54, 1.807) is 0 Å². The molecular formula is C28H39N7O. The van der Waals surface area contributed by atoms with Crippen LogP contribution in [0.25, 0.3) is 5.65 Å². The number of benzene rings is 1. The second-order valence-corrected chi connectivity index (χ2v) is 10.5. The zero-order chi connectivity index (χ0) is 25.2. The number of aromatic nitrogens is 4. The predicted molar refractivity (Wildman–Crippen MR) is 143 cm³/mol. The first kappa shape index (κ1) is 24.7. The van der Waals surface area contributed by atoms with Gasteiger partial charge in [0.2, 0.25) is 5.91 Å². The van der Waals surface area contributed by atoms with Crippen molar-refractivity contribution in [2.75, 3.05) is 44.7 Å². The number of rotatable bonds is 7. The van der Waals surface area contributed by atoms with Crippen LogP contribution in [0.15, 0.2) is 30.3 Å². The van der Waals surface area contributed by atoms with Gasteiger partial charge in [0.25, 0.3) is 0 Å². The van der Waals surface area contributed by atoms with Gasteiger partial charge in [0, 0.05) is 39.6 Å². The van der Waals surface area contributed by atoms with Crippen molar-refractivity contribution < 1.29 is 4.79 Å². The summed E-state index contributed by atoms with van der Waals surface area (Å²) in [7, 11) is 1.90. The fourth-order valence-electron chi connectivity index (χ4n) is 5.74. The van der Waals surface area contributed by atoms with Crippen molar-refractivity contribution >= 4 is 17.4 Å². The number of carbonyl (C=O) groups is 1. The maximum atomic E-state index is 12.3. The van der Waals surface area contributed by atoms with Gasteiger partial charge in [-0.2, -0.15) is 4.52 Å². The average molecular weight is 490 g/mol. The van der Waals surface area contributed by atoms with Crippen molar-refractivity contribution in [1.82, 2.24) is 29.6 Å². The van der Waals surface area contributed by atoms with Gasteiger partial charge in [0.1, 0.15) is 5.82 Å². The van der Waals surface area contributed by atoms with Crippen LogP contribution in [-0.2, 0) is 17.6 Å². The zero-order valence-electron chi connectivity index (χ0n) is 22.2. The Bertz CT molecular complexity index is 1210. The fourth-order valence-corrected chi connectivity index (χ4v) is 5.74. The molecule has 0 aliphatic carbocycles. The van der Waals surface area contributed by atoms with E-state index in [9.17, 15) is 4.79 Å². The minimum absolute atomic E-state index is 0.000477. The van der Waals surface area contributed by atoms with Crippen LogP contribution in [0.4, 0.5) is 5.82 Å². The molecule has 1 aromatic carbocycles. The van der Waals surface area contributed by atoms with E-state index in [0.29, 0.717) is 5.92 Å². The highest BCUT2D eigenvalue weighted by Gasteiger charge is 2.28. The lowest BCUT2D eigenvalue weighted by atomic mass is 9.87. The molecule has 2 aromatic heterocycles. The Morgan fingerprint density at radius 2 is 1.83 bits per heavy atom. The molecule has 5 rings (SSSR count). The van der Waals surface area contributed by atoms with Crippen molar-refractivity contribution in [3.63, 3.8) is 0 Å². The summed E-state index contributed by atoms with van der Waals surface area (Å²) in [6.07, 6.45) is 5.25. The molecule has 0 unspecified atom stereocenters. The van der Waals surface area contributed by atoms with E-state index >= 15 is 0 Å². The van der Waals surface area contributed by atoms with E-state index in [0.717, 1.165) is 82.1 Å². The van der Waals surface area contributed by atoms with Crippen molar-refractivity contribution in [2.45, 2.75) is 64.8 Å². The Kier molecular flexibility index (Phi) is 7.23. The van der Waals surface area contributed by atoms with Crippen molar-refractivity contribution in [1.29, 1.82) is 0 Å². The number of piperidine rings is 1. The number of hydrogen-bond donors (Lipinski definition) is 0. The summed E-state index contributed by atoms with van der Waals surface area (Å²) in [4.78, 5) is 18.8. The minimum atomic E-state index is 0.000477. The Hall–Kier alpha value is -3.00. The van der Waals surface area contributed by atoms with Gasteiger partial charge in [0.05, 0.1) is 6.04 Å². The Labute approximate surface area is 214 Å². The standard InChI is InChI=1S/C28H39N7O/c1-5-25-29-30-26-10-11-27(31-35(25)26)34-15-12-23(13-16-34)24-9-8-22(20(2)19-24)7-6-14-33-18-17-32(4)28(36)21(33)3/h8-11,19,21,23H,5-7,12-18H2,1-4H3/t21-/m1/s1. The highest BCUT2D eigenvalue weighted by molar-refractivity contribution is 5.81. The Morgan fingerprint density at radius 1 is 1.03 bits per heavy atom. The quantitative estimate of drug-likeness (QED) is 0.506. The van der Waals surface area contributed by atoms with E-state index in [1.807, 2.05) is 29.5 Å². The first-order valence-electron chi connectivity index (χ1n) is 13.5. The molecule has 192 valence electrons. The van der Waals surface area contributed by atoms with Gasteiger partial charge in [-0.25, -0.2) is 0 Å². The lowest BCUT2D eigenvalue weighted by molar-refractivity contribution is -0.139. The fraction of sp³-hybridized carbons (Fsp3) is 0.571. The zero-order valence-corrected chi connectivity index (χ0v) is 22.2. The highest BCUT2D eigenvalue weighted by Crippen LogP contribution is 2.31. The predicted octanol–water partition coefficient (Wildman–Crippen LogP) is 3.47. The molecule has 2 aliphatic rings. The third-order valence-electron chi connectivity index (χ3n) is 8.18. The molecule has 0 spiro atoms. The molecule has 0 saturated carbocycles. The van der Waals surface area contributed by atoms with E-state index in [2.05, 4.69) is 58.1 Å². The molecule has 0 N–H and O–H groups in total. The number of hydrogen-bond acceptors (Lipinski definition) is 6. The largest absolute Gasteiger partial charge is 0.355 e. The van der Waals surface area contributed by atoms with Crippen LogP contribution in [0.2, 0.25) is 0 Å². The summed E-state index contributed by atoms with van der Waals surface area (Å²) in [5, 5.41) is 13.3. The summed E-state index contributed by atoms with van der Waals surface area (Å²) in [5.74, 6) is 2.76. The molecule has 4 heterocycles. The van der Waals surface area contributed by atoms with Crippen LogP contribution in [0.5, 0.6) is 0 Å². The van der Waals surface area contributed by atoms with Gasteiger partial charge in [-0.15, -0.1) is 15.3 Å². The van der Waals surface area contributed by atoms with Gasteiger partial charge in [-0.3, -0.25) is 9.69 Å². The summed E-state index contributed by atoms with van der Waals surface area (Å²) in [6, 6.07) is 11.2. The number of aryl methyl sites for hydroxylation is 3. The second kappa shape index (κ2) is 10.5. The summed E-state index contributed by atoms with van der Waals surface area (Å²) >= 11 is 0. The van der Waals surface area contributed by atoms with Crippen molar-refractivity contribution in [3.8, 4) is 0 Å². The van der Waals surface area contributed by atoms with Crippen LogP contribution < -0.4 is 4.90 Å². The number of likely N-dealkylation sites (N-methyl/N-ethyl adjacent to an activating group) is 1. The van der Waals surface area contributed by atoms with Gasteiger partial charge in [-0.1, -0.05) is 25.1 Å². The Morgan fingerprint density at radius 3 is 2.58 bits per heavy atom. The number of nitrogens with zero attached hydrogens (tertiary/aromatic N) is 7. The van der Waals surface area contributed by atoms with Gasteiger partial charge in [0.15, 0.2) is 11.5 Å². The average Bonchev–Trinajstić information content (AvgIpc) is 3.32. The van der Waals surface area contributed by atoms with Crippen LogP contribution >= 0.6 is 0 Å². The maximum absolute atomic E-state index is 12.3.